The zero-order chi connectivity index (χ0) is 14.6. The lowest BCUT2D eigenvalue weighted by atomic mass is 9.98. The Hall–Kier alpha value is -1.88. The predicted octanol–water partition coefficient (Wildman–Crippen LogP) is 3.36. The van der Waals surface area contributed by atoms with Gasteiger partial charge in [-0.3, -0.25) is 4.98 Å². The fraction of sp³-hybridized carbons (Fsp3) is 0.267. The van der Waals surface area contributed by atoms with E-state index in [1.165, 1.54) is 18.5 Å². The first-order valence-electron chi connectivity index (χ1n) is 6.48. The molecular formula is C15H17NO3S. The molecule has 0 radical (unpaired) electrons. The van der Waals surface area contributed by atoms with Gasteiger partial charge in [-0.25, -0.2) is 0 Å². The predicted molar refractivity (Wildman–Crippen MR) is 77.2 cm³/mol. The largest absolute Gasteiger partial charge is 0.379 e. The fourth-order valence-electron chi connectivity index (χ4n) is 1.84. The van der Waals surface area contributed by atoms with Crippen LogP contribution in [0.3, 0.4) is 0 Å². The van der Waals surface area contributed by atoms with E-state index in [-0.39, 0.29) is 10.8 Å². The summed E-state index contributed by atoms with van der Waals surface area (Å²) in [7, 11) is -3.84. The molecule has 0 saturated heterocycles. The Kier molecular flexibility index (Phi) is 4.39. The Bertz CT molecular complexity index is 669. The van der Waals surface area contributed by atoms with Crippen LogP contribution in [0.5, 0.6) is 5.75 Å². The SMILES string of the molecule is CCC(C)c1ccccc1OS(=O)(=O)c1cccnc1. The molecule has 0 amide bonds. The summed E-state index contributed by atoms with van der Waals surface area (Å²) in [4.78, 5) is 3.86. The molecule has 0 bridgehead atoms. The third-order valence-electron chi connectivity index (χ3n) is 3.18. The van der Waals surface area contributed by atoms with E-state index in [9.17, 15) is 8.42 Å². The van der Waals surface area contributed by atoms with Crippen molar-refractivity contribution in [1.82, 2.24) is 4.98 Å². The number of hydrogen-bond donors (Lipinski definition) is 0. The average molecular weight is 291 g/mol. The van der Waals surface area contributed by atoms with Gasteiger partial charge >= 0.3 is 10.1 Å². The quantitative estimate of drug-likeness (QED) is 0.793. The minimum absolute atomic E-state index is 0.0546. The van der Waals surface area contributed by atoms with Crippen LogP contribution in [0.1, 0.15) is 31.7 Å². The van der Waals surface area contributed by atoms with Gasteiger partial charge in [-0.15, -0.1) is 0 Å². The molecule has 0 aliphatic rings. The van der Waals surface area contributed by atoms with Crippen molar-refractivity contribution < 1.29 is 12.6 Å². The zero-order valence-electron chi connectivity index (χ0n) is 11.5. The number of aromatic nitrogens is 1. The van der Waals surface area contributed by atoms with Gasteiger partial charge in [-0.1, -0.05) is 32.0 Å². The molecule has 0 spiro atoms. The van der Waals surface area contributed by atoms with E-state index in [1.807, 2.05) is 19.1 Å². The summed E-state index contributed by atoms with van der Waals surface area (Å²) in [5.41, 5.74) is 0.891. The van der Waals surface area contributed by atoms with Gasteiger partial charge in [0.15, 0.2) is 0 Å². The van der Waals surface area contributed by atoms with Gasteiger partial charge in [0.2, 0.25) is 0 Å². The zero-order valence-corrected chi connectivity index (χ0v) is 12.3. The molecule has 0 aliphatic carbocycles. The van der Waals surface area contributed by atoms with Crippen LogP contribution >= 0.6 is 0 Å². The van der Waals surface area contributed by atoms with Gasteiger partial charge in [0, 0.05) is 12.4 Å². The Labute approximate surface area is 119 Å². The van der Waals surface area contributed by atoms with Gasteiger partial charge < -0.3 is 4.18 Å². The van der Waals surface area contributed by atoms with Crippen LogP contribution in [-0.2, 0) is 10.1 Å². The normalized spacial score (nSPS) is 12.9. The molecule has 0 fully saturated rings. The van der Waals surface area contributed by atoms with Crippen molar-refractivity contribution >= 4 is 10.1 Å². The van der Waals surface area contributed by atoms with E-state index in [1.54, 1.807) is 18.2 Å². The number of benzene rings is 1. The Morgan fingerprint density at radius 1 is 1.20 bits per heavy atom. The molecule has 20 heavy (non-hydrogen) atoms. The smallest absolute Gasteiger partial charge is 0.340 e. The van der Waals surface area contributed by atoms with Crippen LogP contribution in [0.4, 0.5) is 0 Å². The highest BCUT2D eigenvalue weighted by Gasteiger charge is 2.19. The van der Waals surface area contributed by atoms with E-state index in [0.29, 0.717) is 5.75 Å². The molecule has 0 N–H and O–H groups in total. The van der Waals surface area contributed by atoms with Crippen molar-refractivity contribution in [2.45, 2.75) is 31.1 Å². The van der Waals surface area contributed by atoms with E-state index < -0.39 is 10.1 Å². The molecule has 0 saturated carbocycles. The molecule has 4 nitrogen and oxygen atoms in total. The summed E-state index contributed by atoms with van der Waals surface area (Å²) >= 11 is 0. The fourth-order valence-corrected chi connectivity index (χ4v) is 2.76. The minimum Gasteiger partial charge on any atom is -0.379 e. The van der Waals surface area contributed by atoms with Crippen LogP contribution in [0, 0.1) is 0 Å². The highest BCUT2D eigenvalue weighted by molar-refractivity contribution is 7.87. The maximum Gasteiger partial charge on any atom is 0.340 e. The van der Waals surface area contributed by atoms with Crippen molar-refractivity contribution in [2.24, 2.45) is 0 Å². The molecule has 1 atom stereocenters. The molecule has 2 rings (SSSR count). The first kappa shape index (κ1) is 14.5. The first-order valence-corrected chi connectivity index (χ1v) is 7.89. The lowest BCUT2D eigenvalue weighted by Gasteiger charge is -2.15. The summed E-state index contributed by atoms with van der Waals surface area (Å²) in [5.74, 6) is 0.612. The summed E-state index contributed by atoms with van der Waals surface area (Å²) in [6.07, 6.45) is 3.71. The van der Waals surface area contributed by atoms with Crippen LogP contribution in [0.25, 0.3) is 0 Å². The van der Waals surface area contributed by atoms with E-state index >= 15 is 0 Å². The Morgan fingerprint density at radius 2 is 1.95 bits per heavy atom. The van der Waals surface area contributed by atoms with Gasteiger partial charge in [0.1, 0.15) is 10.6 Å². The maximum atomic E-state index is 12.2. The minimum atomic E-state index is -3.84. The summed E-state index contributed by atoms with van der Waals surface area (Å²) < 4.78 is 29.7. The van der Waals surface area contributed by atoms with Crippen LogP contribution < -0.4 is 4.18 Å². The Morgan fingerprint density at radius 3 is 2.60 bits per heavy atom. The second-order valence-electron chi connectivity index (χ2n) is 4.57. The first-order chi connectivity index (χ1) is 9.54. The van der Waals surface area contributed by atoms with Crippen LogP contribution in [0.15, 0.2) is 53.7 Å². The summed E-state index contributed by atoms with van der Waals surface area (Å²) in [6.45, 7) is 4.09. The molecular weight excluding hydrogens is 274 g/mol. The number of rotatable bonds is 5. The molecule has 1 aromatic carbocycles. The molecule has 106 valence electrons. The molecule has 1 unspecified atom stereocenters. The standard InChI is InChI=1S/C15H17NO3S/c1-3-12(2)14-8-4-5-9-15(14)19-20(17,18)13-7-6-10-16-11-13/h4-12H,3H2,1-2H3. The number of nitrogens with zero attached hydrogens (tertiary/aromatic N) is 1. The lowest BCUT2D eigenvalue weighted by Crippen LogP contribution is -2.11. The third-order valence-corrected chi connectivity index (χ3v) is 4.40. The highest BCUT2D eigenvalue weighted by Crippen LogP contribution is 2.30. The van der Waals surface area contributed by atoms with E-state index in [2.05, 4.69) is 11.9 Å². The van der Waals surface area contributed by atoms with Crippen molar-refractivity contribution in [3.8, 4) is 5.75 Å². The number of pyridine rings is 1. The van der Waals surface area contributed by atoms with Crippen LogP contribution in [0.2, 0.25) is 0 Å². The second kappa shape index (κ2) is 6.05. The van der Waals surface area contributed by atoms with E-state index in [0.717, 1.165) is 12.0 Å². The average Bonchev–Trinajstić information content (AvgIpc) is 2.47. The van der Waals surface area contributed by atoms with E-state index in [4.69, 9.17) is 4.18 Å². The van der Waals surface area contributed by atoms with Gasteiger partial charge in [0.05, 0.1) is 0 Å². The summed E-state index contributed by atoms with van der Waals surface area (Å²) in [6, 6.07) is 10.2. The van der Waals surface area contributed by atoms with Crippen molar-refractivity contribution in [2.75, 3.05) is 0 Å². The molecule has 1 heterocycles. The highest BCUT2D eigenvalue weighted by atomic mass is 32.2. The van der Waals surface area contributed by atoms with Crippen molar-refractivity contribution in [3.63, 3.8) is 0 Å². The molecule has 5 heteroatoms. The van der Waals surface area contributed by atoms with Gasteiger partial charge in [0.25, 0.3) is 0 Å². The van der Waals surface area contributed by atoms with Crippen LogP contribution in [-0.4, -0.2) is 13.4 Å². The molecule has 0 aliphatic heterocycles. The topological polar surface area (TPSA) is 56.3 Å². The van der Waals surface area contributed by atoms with Gasteiger partial charge in [-0.2, -0.15) is 8.42 Å². The van der Waals surface area contributed by atoms with Crippen molar-refractivity contribution in [3.05, 3.63) is 54.4 Å². The number of para-hydroxylation sites is 1. The Balaban J connectivity index is 2.36. The second-order valence-corrected chi connectivity index (χ2v) is 6.12. The number of hydrogen-bond acceptors (Lipinski definition) is 4. The molecule has 2 aromatic rings. The lowest BCUT2D eigenvalue weighted by molar-refractivity contribution is 0.479. The molecule has 1 aromatic heterocycles. The maximum absolute atomic E-state index is 12.2. The van der Waals surface area contributed by atoms with Gasteiger partial charge in [-0.05, 0) is 36.1 Å². The third kappa shape index (κ3) is 3.17. The van der Waals surface area contributed by atoms with Crippen molar-refractivity contribution in [1.29, 1.82) is 0 Å². The summed E-state index contributed by atoms with van der Waals surface area (Å²) in [5, 5.41) is 0. The monoisotopic (exact) mass is 291 g/mol.